The lowest BCUT2D eigenvalue weighted by Crippen LogP contribution is -2.45. The lowest BCUT2D eigenvalue weighted by atomic mass is 10.00. The second kappa shape index (κ2) is 8.46. The molecular formula is C16H16Cl3F3N2S. The SMILES string of the molecule is Cl.FC(F)(F)c1cc(Cl)cc([C@@H](c2ccc(Cl)s2)N2CCNCC2)c1. The fraction of sp³-hybridized carbons (Fsp3) is 0.375. The van der Waals surface area contributed by atoms with Crippen LogP contribution in [-0.4, -0.2) is 31.1 Å². The molecule has 0 aliphatic carbocycles. The monoisotopic (exact) mass is 430 g/mol. The first-order valence-corrected chi connectivity index (χ1v) is 8.99. The molecule has 1 aliphatic heterocycles. The van der Waals surface area contributed by atoms with Crippen LogP contribution in [0.2, 0.25) is 9.36 Å². The van der Waals surface area contributed by atoms with Crippen molar-refractivity contribution in [2.24, 2.45) is 0 Å². The molecule has 1 fully saturated rings. The molecule has 138 valence electrons. The minimum absolute atomic E-state index is 0. The van der Waals surface area contributed by atoms with Gasteiger partial charge in [0.1, 0.15) is 0 Å². The predicted octanol–water partition coefficient (Wildman–Crippen LogP) is 5.49. The number of halogens is 6. The molecule has 9 heteroatoms. The largest absolute Gasteiger partial charge is 0.416 e. The summed E-state index contributed by atoms with van der Waals surface area (Å²) in [5, 5.41) is 3.34. The van der Waals surface area contributed by atoms with E-state index in [1.165, 1.54) is 17.4 Å². The molecule has 2 aromatic rings. The number of hydrogen-bond donors (Lipinski definition) is 1. The standard InChI is InChI=1S/C16H15Cl2F3N2S.ClH/c17-12-8-10(7-11(9-12)16(19,20)21)15(13-1-2-14(18)24-13)23-5-3-22-4-6-23;/h1-2,7-9,15,22H,3-6H2;1H/t15-;/m0./s1. The van der Waals surface area contributed by atoms with Crippen molar-refractivity contribution in [3.63, 3.8) is 0 Å². The van der Waals surface area contributed by atoms with Gasteiger partial charge < -0.3 is 5.32 Å². The van der Waals surface area contributed by atoms with E-state index in [-0.39, 0.29) is 23.5 Å². The van der Waals surface area contributed by atoms with Gasteiger partial charge in [0.2, 0.25) is 0 Å². The number of nitrogens with one attached hydrogen (secondary N) is 1. The normalized spacial score (nSPS) is 17.2. The molecule has 1 aromatic carbocycles. The maximum absolute atomic E-state index is 13.2. The molecule has 0 saturated carbocycles. The van der Waals surface area contributed by atoms with Gasteiger partial charge in [-0.2, -0.15) is 13.2 Å². The Bertz CT molecular complexity index is 715. The molecule has 25 heavy (non-hydrogen) atoms. The third kappa shape index (κ3) is 5.02. The molecule has 1 aliphatic rings. The van der Waals surface area contributed by atoms with Gasteiger partial charge in [-0.3, -0.25) is 4.90 Å². The smallest absolute Gasteiger partial charge is 0.314 e. The Kier molecular flexibility index (Phi) is 7.04. The molecule has 0 spiro atoms. The van der Waals surface area contributed by atoms with Crippen molar-refractivity contribution in [1.82, 2.24) is 10.2 Å². The van der Waals surface area contributed by atoms with Gasteiger partial charge in [0.15, 0.2) is 0 Å². The highest BCUT2D eigenvalue weighted by Gasteiger charge is 2.33. The van der Waals surface area contributed by atoms with Crippen LogP contribution in [-0.2, 0) is 6.18 Å². The quantitative estimate of drug-likeness (QED) is 0.691. The Morgan fingerprint density at radius 1 is 1.08 bits per heavy atom. The highest BCUT2D eigenvalue weighted by Crippen LogP contribution is 2.39. The van der Waals surface area contributed by atoms with E-state index in [1.54, 1.807) is 12.1 Å². The molecule has 2 nitrogen and oxygen atoms in total. The number of hydrogen-bond acceptors (Lipinski definition) is 3. The van der Waals surface area contributed by atoms with E-state index >= 15 is 0 Å². The fourth-order valence-corrected chi connectivity index (χ4v) is 4.37. The third-order valence-corrected chi connectivity index (χ3v) is 5.45. The molecule has 1 N–H and O–H groups in total. The van der Waals surface area contributed by atoms with Gasteiger partial charge in [0.25, 0.3) is 0 Å². The first kappa shape index (κ1) is 20.8. The predicted molar refractivity (Wildman–Crippen MR) is 99.3 cm³/mol. The Balaban J connectivity index is 0.00000225. The van der Waals surface area contributed by atoms with Gasteiger partial charge in [-0.15, -0.1) is 23.7 Å². The van der Waals surface area contributed by atoms with Gasteiger partial charge in [0.05, 0.1) is 15.9 Å². The van der Waals surface area contributed by atoms with Crippen molar-refractivity contribution in [2.45, 2.75) is 12.2 Å². The summed E-state index contributed by atoms with van der Waals surface area (Å²) in [6.45, 7) is 3.08. The molecule has 2 heterocycles. The molecule has 3 rings (SSSR count). The van der Waals surface area contributed by atoms with Crippen LogP contribution in [0.1, 0.15) is 22.0 Å². The molecule has 1 aromatic heterocycles. The Hall–Kier alpha value is -0.500. The summed E-state index contributed by atoms with van der Waals surface area (Å²) in [6.07, 6.45) is -4.43. The number of benzene rings is 1. The number of thiophene rings is 1. The van der Waals surface area contributed by atoms with Gasteiger partial charge >= 0.3 is 6.18 Å². The van der Waals surface area contributed by atoms with Gasteiger partial charge in [-0.05, 0) is 35.9 Å². The van der Waals surface area contributed by atoms with Crippen molar-refractivity contribution in [2.75, 3.05) is 26.2 Å². The lowest BCUT2D eigenvalue weighted by Gasteiger charge is -2.35. The topological polar surface area (TPSA) is 15.3 Å². The summed E-state index contributed by atoms with van der Waals surface area (Å²) >= 11 is 13.4. The first-order chi connectivity index (χ1) is 11.3. The van der Waals surface area contributed by atoms with Gasteiger partial charge in [-0.1, -0.05) is 23.2 Å². The van der Waals surface area contributed by atoms with E-state index in [0.717, 1.165) is 37.1 Å². The van der Waals surface area contributed by atoms with Gasteiger partial charge in [0, 0.05) is 36.1 Å². The zero-order chi connectivity index (χ0) is 17.3. The molecule has 0 bridgehead atoms. The molecular weight excluding hydrogens is 416 g/mol. The van der Waals surface area contributed by atoms with E-state index < -0.39 is 11.7 Å². The summed E-state index contributed by atoms with van der Waals surface area (Å²) in [7, 11) is 0. The molecule has 0 radical (unpaired) electrons. The lowest BCUT2D eigenvalue weighted by molar-refractivity contribution is -0.137. The van der Waals surface area contributed by atoms with Crippen LogP contribution in [0.25, 0.3) is 0 Å². The van der Waals surface area contributed by atoms with Crippen LogP contribution < -0.4 is 5.32 Å². The maximum atomic E-state index is 13.2. The second-order valence-corrected chi connectivity index (χ2v) is 7.78. The third-order valence-electron chi connectivity index (χ3n) is 3.94. The van der Waals surface area contributed by atoms with Crippen LogP contribution in [0.15, 0.2) is 30.3 Å². The highest BCUT2D eigenvalue weighted by molar-refractivity contribution is 7.16. The van der Waals surface area contributed by atoms with E-state index in [2.05, 4.69) is 10.2 Å². The zero-order valence-electron chi connectivity index (χ0n) is 12.9. The van der Waals surface area contributed by atoms with E-state index in [1.807, 2.05) is 6.07 Å². The Morgan fingerprint density at radius 2 is 1.76 bits per heavy atom. The van der Waals surface area contributed by atoms with E-state index in [9.17, 15) is 13.2 Å². The average Bonchev–Trinajstić information content (AvgIpc) is 2.93. The number of nitrogens with zero attached hydrogens (tertiary/aromatic N) is 1. The van der Waals surface area contributed by atoms with Crippen molar-refractivity contribution in [3.05, 3.63) is 55.7 Å². The minimum atomic E-state index is -4.43. The summed E-state index contributed by atoms with van der Waals surface area (Å²) < 4.78 is 40.1. The molecule has 0 unspecified atom stereocenters. The van der Waals surface area contributed by atoms with Crippen molar-refractivity contribution >= 4 is 46.9 Å². The Labute approximate surface area is 164 Å². The Morgan fingerprint density at radius 3 is 2.32 bits per heavy atom. The number of piperazine rings is 1. The number of rotatable bonds is 3. The summed E-state index contributed by atoms with van der Waals surface area (Å²) in [5.41, 5.74) is -0.192. The molecule has 1 saturated heterocycles. The minimum Gasteiger partial charge on any atom is -0.314 e. The average molecular weight is 432 g/mol. The maximum Gasteiger partial charge on any atom is 0.416 e. The zero-order valence-corrected chi connectivity index (χ0v) is 16.1. The van der Waals surface area contributed by atoms with E-state index in [4.69, 9.17) is 23.2 Å². The van der Waals surface area contributed by atoms with Crippen molar-refractivity contribution in [3.8, 4) is 0 Å². The first-order valence-electron chi connectivity index (χ1n) is 7.42. The number of alkyl halides is 3. The second-order valence-electron chi connectivity index (χ2n) is 5.60. The summed E-state index contributed by atoms with van der Waals surface area (Å²) in [6, 6.07) is 7.11. The van der Waals surface area contributed by atoms with Crippen LogP contribution in [0.4, 0.5) is 13.2 Å². The van der Waals surface area contributed by atoms with E-state index in [0.29, 0.717) is 9.90 Å². The fourth-order valence-electron chi connectivity index (χ4n) is 2.90. The van der Waals surface area contributed by atoms with Crippen LogP contribution in [0, 0.1) is 0 Å². The highest BCUT2D eigenvalue weighted by atomic mass is 35.5. The molecule has 1 atom stereocenters. The van der Waals surface area contributed by atoms with Crippen molar-refractivity contribution in [1.29, 1.82) is 0 Å². The van der Waals surface area contributed by atoms with Crippen LogP contribution in [0.3, 0.4) is 0 Å². The van der Waals surface area contributed by atoms with Crippen LogP contribution in [0.5, 0.6) is 0 Å². The summed E-state index contributed by atoms with van der Waals surface area (Å²) in [4.78, 5) is 3.07. The van der Waals surface area contributed by atoms with Crippen molar-refractivity contribution < 1.29 is 13.2 Å². The van der Waals surface area contributed by atoms with Crippen LogP contribution >= 0.6 is 46.9 Å². The summed E-state index contributed by atoms with van der Waals surface area (Å²) in [5.74, 6) is 0. The molecule has 0 amide bonds. The van der Waals surface area contributed by atoms with Gasteiger partial charge in [-0.25, -0.2) is 0 Å².